The van der Waals surface area contributed by atoms with E-state index in [0.29, 0.717) is 51.1 Å². The minimum absolute atomic E-state index is 0.0911. The molecule has 0 bridgehead atoms. The van der Waals surface area contributed by atoms with Crippen LogP contribution >= 0.6 is 19.2 Å². The van der Waals surface area contributed by atoms with Gasteiger partial charge in [-0.15, -0.1) is 16.4 Å². The van der Waals surface area contributed by atoms with Crippen LogP contribution in [0.15, 0.2) is 39.1 Å². The lowest BCUT2D eigenvalue weighted by Gasteiger charge is -2.29. The second kappa shape index (κ2) is 13.4. The Morgan fingerprint density at radius 3 is 2.63 bits per heavy atom. The molecule has 46 heavy (non-hydrogen) atoms. The van der Waals surface area contributed by atoms with E-state index >= 15 is 0 Å². The number of ether oxygens (including phenoxy) is 1. The van der Waals surface area contributed by atoms with Gasteiger partial charge in [0, 0.05) is 60.0 Å². The fraction of sp³-hybridized carbons (Fsp3) is 0.429. The van der Waals surface area contributed by atoms with Gasteiger partial charge in [-0.25, -0.2) is 29.1 Å². The van der Waals surface area contributed by atoms with Crippen molar-refractivity contribution in [3.8, 4) is 39.0 Å². The van der Waals surface area contributed by atoms with E-state index in [4.69, 9.17) is 23.9 Å². The molecule has 4 N–H and O–H groups in total. The van der Waals surface area contributed by atoms with E-state index in [2.05, 4.69) is 42.2 Å². The van der Waals surface area contributed by atoms with E-state index in [-0.39, 0.29) is 12.0 Å². The average Bonchev–Trinajstić information content (AvgIpc) is 3.63. The number of pyridine rings is 2. The third-order valence-electron chi connectivity index (χ3n) is 7.52. The molecule has 2 fully saturated rings. The quantitative estimate of drug-likeness (QED) is 0.168. The number of phosphoric acid groups is 1. The maximum Gasteiger partial charge on any atom is 0.471 e. The Kier molecular flexibility index (Phi) is 9.31. The van der Waals surface area contributed by atoms with Gasteiger partial charge in [0.05, 0.1) is 11.3 Å². The van der Waals surface area contributed by atoms with E-state index in [9.17, 15) is 14.2 Å². The zero-order chi connectivity index (χ0) is 32.4. The van der Waals surface area contributed by atoms with Crippen LogP contribution in [0.25, 0.3) is 33.2 Å². The molecule has 5 heterocycles. The zero-order valence-electron chi connectivity index (χ0n) is 25.1. The third kappa shape index (κ3) is 7.68. The first-order chi connectivity index (χ1) is 22.1. The highest BCUT2D eigenvalue weighted by Gasteiger charge is 2.28. The van der Waals surface area contributed by atoms with Crippen LogP contribution in [-0.2, 0) is 15.8 Å². The second-order valence-electron chi connectivity index (χ2n) is 11.1. The Bertz CT molecular complexity index is 1830. The summed E-state index contributed by atoms with van der Waals surface area (Å²) >= 11 is 1.49. The van der Waals surface area contributed by atoms with Crippen LogP contribution in [0.5, 0.6) is 5.88 Å². The number of rotatable bonds is 11. The van der Waals surface area contributed by atoms with Crippen LogP contribution in [0.1, 0.15) is 44.2 Å². The number of nitrogens with zero attached hydrogens (tertiary/aromatic N) is 6. The Morgan fingerprint density at radius 2 is 1.91 bits per heavy atom. The summed E-state index contributed by atoms with van der Waals surface area (Å²) in [5, 5.41) is 12.3. The number of likely N-dealkylation sites (tertiary alicyclic amines) is 1. The number of carbonyl (C=O) groups is 1. The van der Waals surface area contributed by atoms with Gasteiger partial charge in [0.1, 0.15) is 16.9 Å². The molecule has 0 radical (unpaired) electrons. The van der Waals surface area contributed by atoms with E-state index in [0.717, 1.165) is 49.5 Å². The van der Waals surface area contributed by atoms with Crippen LogP contribution in [0.4, 0.5) is 10.6 Å². The van der Waals surface area contributed by atoms with Crippen molar-refractivity contribution in [2.75, 3.05) is 32.0 Å². The number of anilines is 1. The molecule has 4 aromatic rings. The van der Waals surface area contributed by atoms with Gasteiger partial charge in [0.2, 0.25) is 5.88 Å². The van der Waals surface area contributed by atoms with Crippen molar-refractivity contribution >= 4 is 31.0 Å². The highest BCUT2D eigenvalue weighted by Crippen LogP contribution is 2.44. The molecular weight excluding hydrogens is 639 g/mol. The summed E-state index contributed by atoms with van der Waals surface area (Å²) < 4.78 is 28.0. The van der Waals surface area contributed by atoms with Crippen molar-refractivity contribution in [1.29, 1.82) is 0 Å². The molecule has 16 nitrogen and oxygen atoms in total. The fourth-order valence-electron chi connectivity index (χ4n) is 4.96. The van der Waals surface area contributed by atoms with Gasteiger partial charge in [-0.2, -0.15) is 4.68 Å². The zero-order valence-corrected chi connectivity index (χ0v) is 26.8. The number of carbonyl (C=O) groups excluding carboxylic acids is 1. The van der Waals surface area contributed by atoms with Gasteiger partial charge >= 0.3 is 19.6 Å². The van der Waals surface area contributed by atoms with Crippen molar-refractivity contribution < 1.29 is 32.8 Å². The largest absolute Gasteiger partial charge is 0.474 e. The first kappa shape index (κ1) is 32.0. The van der Waals surface area contributed by atoms with Gasteiger partial charge in [-0.05, 0) is 51.8 Å². The Balaban J connectivity index is 1.44. The number of aromatic nitrogens is 5. The molecule has 18 heteroatoms. The third-order valence-corrected chi connectivity index (χ3v) is 8.86. The van der Waals surface area contributed by atoms with Crippen LogP contribution < -0.4 is 21.1 Å². The van der Waals surface area contributed by atoms with Gasteiger partial charge in [0.25, 0.3) is 5.89 Å². The monoisotopic (exact) mass is 672 g/mol. The average molecular weight is 673 g/mol. The summed E-state index contributed by atoms with van der Waals surface area (Å²) in [7, 11) is -2.80. The highest BCUT2D eigenvalue weighted by molar-refractivity contribution is 7.46. The summed E-state index contributed by atoms with van der Waals surface area (Å²) in [6.07, 6.45) is 6.75. The minimum atomic E-state index is -4.86. The lowest BCUT2D eigenvalue weighted by molar-refractivity contribution is 0.110. The molecule has 1 aliphatic heterocycles. The van der Waals surface area contributed by atoms with Crippen molar-refractivity contribution in [2.45, 2.75) is 51.4 Å². The van der Waals surface area contributed by atoms with Gasteiger partial charge in [0.15, 0.2) is 6.73 Å². The maximum atomic E-state index is 12.4. The Labute approximate surface area is 267 Å². The molecule has 2 amide bonds. The normalized spacial score (nSPS) is 16.0. The minimum Gasteiger partial charge on any atom is -0.474 e. The first-order valence-corrected chi connectivity index (χ1v) is 17.1. The first-order valence-electron chi connectivity index (χ1n) is 14.7. The number of phosphoric ester groups is 1. The number of hydrogen-bond donors (Lipinski definition) is 4. The van der Waals surface area contributed by atoms with Crippen LogP contribution in [0, 0.1) is 0 Å². The summed E-state index contributed by atoms with van der Waals surface area (Å²) in [5.41, 5.74) is 3.14. The molecule has 0 aromatic carbocycles. The number of piperidine rings is 1. The van der Waals surface area contributed by atoms with Crippen LogP contribution in [0.2, 0.25) is 0 Å². The Morgan fingerprint density at radius 1 is 1.13 bits per heavy atom. The molecule has 0 unspecified atom stereocenters. The number of nitrogens with one attached hydrogen (secondary N) is 2. The van der Waals surface area contributed by atoms with Crippen molar-refractivity contribution in [3.05, 3.63) is 46.2 Å². The number of amides is 2. The lowest BCUT2D eigenvalue weighted by atomic mass is 10.0. The summed E-state index contributed by atoms with van der Waals surface area (Å²) in [6.45, 7) is 3.19. The van der Waals surface area contributed by atoms with Gasteiger partial charge < -0.3 is 29.2 Å². The fourth-order valence-corrected chi connectivity index (χ4v) is 6.16. The van der Waals surface area contributed by atoms with Gasteiger partial charge in [-0.3, -0.25) is 9.84 Å². The van der Waals surface area contributed by atoms with Crippen LogP contribution in [-0.4, -0.2) is 78.2 Å². The molecule has 1 saturated heterocycles. The van der Waals surface area contributed by atoms with Crippen molar-refractivity contribution in [1.82, 2.24) is 34.9 Å². The topological polar surface area (TPSA) is 207 Å². The van der Waals surface area contributed by atoms with E-state index in [1.54, 1.807) is 18.3 Å². The van der Waals surface area contributed by atoms with E-state index < -0.39 is 26.3 Å². The molecule has 0 atom stereocenters. The van der Waals surface area contributed by atoms with Crippen molar-refractivity contribution in [3.63, 3.8) is 0 Å². The molecule has 244 valence electrons. The summed E-state index contributed by atoms with van der Waals surface area (Å²) in [4.78, 5) is 59.1. The predicted molar refractivity (Wildman–Crippen MR) is 167 cm³/mol. The molecule has 4 aromatic heterocycles. The lowest BCUT2D eigenvalue weighted by Crippen LogP contribution is -2.35. The SMILES string of the molecule is CCNC(=O)Nc1cc(-c2nc(C3CC3)cs2)c(-c2cc(-c3nn(COP(=O)(O)O)c(=O)o3)cnc2OC2CCN(C)CC2)cn1. The predicted octanol–water partition coefficient (Wildman–Crippen LogP) is 3.64. The van der Waals surface area contributed by atoms with E-state index in [1.807, 2.05) is 12.3 Å². The molecular formula is C28H33N8O8PS. The molecule has 0 spiro atoms. The molecule has 2 aliphatic rings. The molecule has 1 aliphatic carbocycles. The number of urea groups is 1. The number of hydrogen-bond acceptors (Lipinski definition) is 12. The molecule has 6 rings (SSSR count). The second-order valence-corrected chi connectivity index (χ2v) is 13.2. The standard InChI is InChI=1S/C28H33N8O8PS/c1-3-29-27(37)33-23-11-20(26-32-22(14-46-26)16-4-5-16)21(13-30-23)19-10-17(12-31-25(19)43-18-6-8-35(2)9-7-18)24-34-36(28(38)44-24)15-42-45(39,40)41/h10-14,16,18H,3-9,15H2,1-2H3,(H2,39,40,41)(H2,29,30,33,37). The summed E-state index contributed by atoms with van der Waals surface area (Å²) in [5.74, 6) is -0.0339. The highest BCUT2D eigenvalue weighted by atomic mass is 32.1. The summed E-state index contributed by atoms with van der Waals surface area (Å²) in [6, 6.07) is 3.05. The number of thiazole rings is 1. The van der Waals surface area contributed by atoms with Crippen LogP contribution in [0.3, 0.4) is 0 Å². The molecule has 1 saturated carbocycles. The smallest absolute Gasteiger partial charge is 0.471 e. The Hall–Kier alpha value is -3.99. The van der Waals surface area contributed by atoms with E-state index in [1.165, 1.54) is 17.5 Å². The van der Waals surface area contributed by atoms with Crippen molar-refractivity contribution in [2.24, 2.45) is 0 Å². The maximum absolute atomic E-state index is 12.4. The van der Waals surface area contributed by atoms with Gasteiger partial charge in [-0.1, -0.05) is 0 Å².